The van der Waals surface area contributed by atoms with Crippen LogP contribution < -0.4 is 36.5 Å². The van der Waals surface area contributed by atoms with Gasteiger partial charge in [0.15, 0.2) is 29.0 Å². The number of hydrogen-bond acceptors (Lipinski definition) is 14. The summed E-state index contributed by atoms with van der Waals surface area (Å²) in [5.74, 6) is 14.9. The number of carbonyl (C=O) groups is 1. The number of fused-ring (bicyclic) bond motifs is 6. The maximum Gasteiger partial charge on any atom is 0.302 e. The fraction of sp³-hybridized carbons (Fsp3) is 0.542. The number of H-pyrrole nitrogens is 1. The van der Waals surface area contributed by atoms with Crippen LogP contribution in [0.5, 0.6) is 28.7 Å². The van der Waals surface area contributed by atoms with E-state index >= 15 is 0 Å². The van der Waals surface area contributed by atoms with Gasteiger partial charge in [-0.1, -0.05) is 68.6 Å². The molecule has 0 amide bonds. The number of benzene rings is 2. The van der Waals surface area contributed by atoms with Crippen LogP contribution in [0, 0.1) is 57.7 Å². The summed E-state index contributed by atoms with van der Waals surface area (Å²) < 4.78 is 29.7. The Hall–Kier alpha value is -7.77. The first kappa shape index (κ1) is 59.8. The number of aliphatic hydroxyl groups excluding tert-OH is 1. The maximum atomic E-state index is 13.8. The molecule has 12 atom stereocenters. The first-order chi connectivity index (χ1) is 43.7. The fourth-order valence-corrected chi connectivity index (χ4v) is 17.6. The molecule has 18 nitrogen and oxygen atoms in total. The molecule has 2 saturated heterocycles. The Morgan fingerprint density at radius 2 is 1.79 bits per heavy atom. The molecule has 4 saturated carbocycles. The molecule has 12 unspecified atom stereocenters. The van der Waals surface area contributed by atoms with E-state index in [0.29, 0.717) is 81.1 Å². The number of nitrogens with one attached hydrogen (secondary N) is 5. The van der Waals surface area contributed by atoms with Gasteiger partial charge < -0.3 is 70.6 Å². The molecular formula is C72H87N9O9. The summed E-state index contributed by atoms with van der Waals surface area (Å²) in [6, 6.07) is 14.7. The second-order valence-corrected chi connectivity index (χ2v) is 28.0. The number of aromatic amines is 1. The number of aromatic nitrogens is 3. The number of phenolic OH excluding ortho intramolecular Hbond substituents is 3. The van der Waals surface area contributed by atoms with Crippen molar-refractivity contribution in [3.05, 3.63) is 120 Å². The third-order valence-electron chi connectivity index (χ3n) is 21.9. The number of carbonyl (C=O) groups excluding carboxylic acids is 1. The quantitative estimate of drug-likeness (QED) is 0.0317. The zero-order valence-electron chi connectivity index (χ0n) is 51.7. The maximum absolute atomic E-state index is 13.8. The van der Waals surface area contributed by atoms with Crippen LogP contribution in [0.1, 0.15) is 158 Å². The average Bonchev–Trinajstić information content (AvgIpc) is 1.10. The van der Waals surface area contributed by atoms with Crippen molar-refractivity contribution in [2.75, 3.05) is 19.7 Å². The highest BCUT2D eigenvalue weighted by Gasteiger charge is 2.64. The lowest BCUT2D eigenvalue weighted by molar-refractivity contribution is -0.174. The lowest BCUT2D eigenvalue weighted by Gasteiger charge is -2.61. The minimum absolute atomic E-state index is 0.0214. The summed E-state index contributed by atoms with van der Waals surface area (Å²) >= 11 is 0. The molecular weight excluding hydrogens is 1130 g/mol. The van der Waals surface area contributed by atoms with Crippen LogP contribution in [0.25, 0.3) is 10.9 Å². The average molecular weight is 1220 g/mol. The molecule has 90 heavy (non-hydrogen) atoms. The van der Waals surface area contributed by atoms with E-state index in [1.807, 2.05) is 30.5 Å². The Morgan fingerprint density at radius 3 is 2.60 bits per heavy atom. The number of nitrogens with two attached hydrogens (primary N) is 1. The van der Waals surface area contributed by atoms with Crippen LogP contribution in [0.15, 0.2) is 108 Å². The van der Waals surface area contributed by atoms with Gasteiger partial charge in [0.05, 0.1) is 47.5 Å². The molecule has 14 rings (SSSR count). The van der Waals surface area contributed by atoms with Gasteiger partial charge in [-0.2, -0.15) is 0 Å². The Labute approximate surface area is 527 Å². The number of nitrogens with zero attached hydrogens (tertiary/aromatic N) is 3. The molecule has 474 valence electrons. The molecule has 4 aliphatic carbocycles. The molecule has 11 N–H and O–H groups in total. The topological polar surface area (TPSA) is 255 Å². The number of phenols is 3. The minimum Gasteiger partial charge on any atom is -0.504 e. The first-order valence-corrected chi connectivity index (χ1v) is 33.1. The molecule has 2 spiro atoms. The Bertz CT molecular complexity index is 3660. The summed E-state index contributed by atoms with van der Waals surface area (Å²) in [6.45, 7) is 2.91. The predicted molar refractivity (Wildman–Crippen MR) is 342 cm³/mol. The Balaban J connectivity index is 0.928. The van der Waals surface area contributed by atoms with E-state index in [4.69, 9.17) is 29.7 Å². The van der Waals surface area contributed by atoms with E-state index < -0.39 is 65.6 Å². The number of dihydropyridines is 1. The number of aromatic hydroxyl groups is 3. The Kier molecular flexibility index (Phi) is 16.5. The van der Waals surface area contributed by atoms with Gasteiger partial charge in [0.2, 0.25) is 5.75 Å². The van der Waals surface area contributed by atoms with E-state index in [1.165, 1.54) is 18.6 Å². The summed E-state index contributed by atoms with van der Waals surface area (Å²) in [5.41, 5.74) is 8.83. The van der Waals surface area contributed by atoms with Crippen molar-refractivity contribution in [3.8, 4) is 52.4 Å². The number of hydrogen-bond donors (Lipinski definition) is 10. The summed E-state index contributed by atoms with van der Waals surface area (Å²) in [5, 5.41) is 65.1. The van der Waals surface area contributed by atoms with Crippen molar-refractivity contribution in [2.45, 2.75) is 190 Å². The summed E-state index contributed by atoms with van der Waals surface area (Å²) in [4.78, 5) is 26.6. The van der Waals surface area contributed by atoms with Crippen molar-refractivity contribution >= 4 is 22.8 Å². The van der Waals surface area contributed by atoms with Crippen LogP contribution in [0.4, 0.5) is 0 Å². The zero-order valence-corrected chi connectivity index (χ0v) is 51.7. The van der Waals surface area contributed by atoms with Crippen LogP contribution in [-0.4, -0.2) is 103 Å². The number of rotatable bonds is 12. The third kappa shape index (κ3) is 12.1. The minimum atomic E-state index is -1.07. The Morgan fingerprint density at radius 1 is 0.956 bits per heavy atom. The van der Waals surface area contributed by atoms with Gasteiger partial charge in [0.1, 0.15) is 24.6 Å². The second-order valence-electron chi connectivity index (χ2n) is 28.0. The molecule has 5 aliphatic heterocycles. The molecule has 18 heteroatoms. The highest BCUT2D eigenvalue weighted by Crippen LogP contribution is 2.60. The van der Waals surface area contributed by atoms with E-state index in [0.717, 1.165) is 106 Å². The van der Waals surface area contributed by atoms with Gasteiger partial charge in [0, 0.05) is 106 Å². The fourth-order valence-electron chi connectivity index (χ4n) is 17.6. The van der Waals surface area contributed by atoms with E-state index in [1.54, 1.807) is 24.5 Å². The summed E-state index contributed by atoms with van der Waals surface area (Å²) in [6.07, 6.45) is 26.5. The monoisotopic (exact) mass is 1220 g/mol. The smallest absolute Gasteiger partial charge is 0.302 e. The number of guanidine groups is 1. The first-order valence-electron chi connectivity index (χ1n) is 33.1. The van der Waals surface area contributed by atoms with E-state index in [2.05, 4.69) is 90.1 Å². The van der Waals surface area contributed by atoms with Gasteiger partial charge in [0.25, 0.3) is 0 Å². The molecule has 6 fully saturated rings. The van der Waals surface area contributed by atoms with Crippen molar-refractivity contribution in [1.29, 1.82) is 0 Å². The predicted octanol–water partition coefficient (Wildman–Crippen LogP) is 9.87. The van der Waals surface area contributed by atoms with Gasteiger partial charge in [-0.3, -0.25) is 20.1 Å². The second kappa shape index (κ2) is 24.8. The third-order valence-corrected chi connectivity index (χ3v) is 21.9. The van der Waals surface area contributed by atoms with Crippen LogP contribution in [-0.2, 0) is 27.1 Å². The van der Waals surface area contributed by atoms with Crippen LogP contribution >= 0.6 is 0 Å². The highest BCUT2D eigenvalue weighted by atomic mass is 16.6. The van der Waals surface area contributed by atoms with Crippen LogP contribution in [0.3, 0.4) is 0 Å². The number of allylic oxidation sites excluding steroid dienone is 2. The number of aliphatic hydroxyl groups is 1. The van der Waals surface area contributed by atoms with Crippen molar-refractivity contribution in [1.82, 2.24) is 35.8 Å². The largest absolute Gasteiger partial charge is 0.504 e. The molecule has 2 aromatic carbocycles. The van der Waals surface area contributed by atoms with Crippen molar-refractivity contribution in [3.63, 3.8) is 0 Å². The lowest BCUT2D eigenvalue weighted by Crippen LogP contribution is -2.77. The van der Waals surface area contributed by atoms with Gasteiger partial charge in [-0.25, -0.2) is 0 Å². The standard InChI is InChI=1S/C72H87N9O9/c1-45(82)88-52-35-58(51-33-57(84)65(85)60(34-51)87-30-20-46-11-10-27-74-40-46)90-62(36-52)71-25-8-13-49-12-2-3-15-54(49)78-67(86)64-66(81-41-50-19-29-75-55(50)42-81)79-68(77-44-70(23-6-7-24-70)37-48-18-28-76-63(73)32-48)80-72(64)43-69(21-4-5-22-69)39-61(53(72)14-9-26-71)89-59-31-47(38-71)16-17-56(59)83/h10-11,16-19,27,29,31-34,40-42,49,52-54,58,61-62,64,66-67,75-76,78,83-86H,2-7,12,15,20-26,28,30,35-39,43-44,73H2,1H3,(H2,77,79,80). The molecule has 4 bridgehead atoms. The zero-order chi connectivity index (χ0) is 61.6. The van der Waals surface area contributed by atoms with Gasteiger partial charge in [-0.05, 0) is 140 Å². The molecule has 8 heterocycles. The van der Waals surface area contributed by atoms with Crippen LogP contribution in [0.2, 0.25) is 0 Å². The van der Waals surface area contributed by atoms with Crippen molar-refractivity contribution < 1.29 is 44.2 Å². The number of aliphatic imine (C=N–C) groups is 1. The van der Waals surface area contributed by atoms with Gasteiger partial charge in [-0.15, -0.1) is 11.8 Å². The van der Waals surface area contributed by atoms with E-state index in [-0.39, 0.29) is 58.8 Å². The van der Waals surface area contributed by atoms with Gasteiger partial charge >= 0.3 is 5.97 Å². The molecule has 5 aromatic rings. The molecule has 9 aliphatic rings. The highest BCUT2D eigenvalue weighted by molar-refractivity contribution is 5.83. The summed E-state index contributed by atoms with van der Waals surface area (Å²) in [7, 11) is 0. The number of esters is 1. The number of pyridine rings is 1. The normalized spacial score (nSPS) is 32.1. The molecule has 3 aromatic heterocycles. The number of ether oxygens (including phenoxy) is 4. The van der Waals surface area contributed by atoms with E-state index in [9.17, 15) is 25.2 Å². The van der Waals surface area contributed by atoms with Crippen molar-refractivity contribution in [2.24, 2.45) is 44.7 Å². The molecule has 0 radical (unpaired) electrons. The lowest BCUT2D eigenvalue weighted by atomic mass is 9.54. The SMILES string of the molecule is CC(=O)OC1CC(c2cc(O)c(O)c(OCCc3cccnc3)c2)OC(C23CC#CC4CCCCC4NC(O)C4C(n5cc6cc[nH]c6c5)NC(=NCC5(CC6=CCNC(N)=C6)CCCC5)NC45CC4(CCCC4)CC(Oc4cc(ccc4O)C2)C5C#CC3)C1.